The zero-order valence-electron chi connectivity index (χ0n) is 21.6. The molecule has 0 amide bonds. The van der Waals surface area contributed by atoms with E-state index in [0.29, 0.717) is 35.4 Å². The Balaban J connectivity index is 1.46. The van der Waals surface area contributed by atoms with Crippen molar-refractivity contribution in [3.8, 4) is 12.3 Å². The molecule has 3 unspecified atom stereocenters. The van der Waals surface area contributed by atoms with Gasteiger partial charge in [0.05, 0.1) is 12.2 Å². The zero-order valence-corrected chi connectivity index (χ0v) is 21.6. The van der Waals surface area contributed by atoms with Gasteiger partial charge in [0.2, 0.25) is 0 Å². The summed E-state index contributed by atoms with van der Waals surface area (Å²) in [6.45, 7) is 12.8. The minimum Gasteiger partial charge on any atom is -0.393 e. The predicted molar refractivity (Wildman–Crippen MR) is 133 cm³/mol. The third-order valence-electron chi connectivity index (χ3n) is 11.2. The molecule has 2 nitrogen and oxygen atoms in total. The number of fused-ring (bicyclic) bond motifs is 5. The van der Waals surface area contributed by atoms with E-state index in [1.807, 2.05) is 0 Å². The predicted octanol–water partition coefficient (Wildman–Crippen LogP) is 7.10. The van der Waals surface area contributed by atoms with Crippen LogP contribution in [0.2, 0.25) is 0 Å². The van der Waals surface area contributed by atoms with Crippen molar-refractivity contribution in [2.45, 2.75) is 117 Å². The Kier molecular flexibility index (Phi) is 7.39. The number of aliphatic hydroxyl groups excluding tert-OH is 1. The average Bonchev–Trinajstić information content (AvgIpc) is 3.01. The molecule has 1 N–H and O–H groups in total. The van der Waals surface area contributed by atoms with Crippen LogP contribution in [0.1, 0.15) is 105 Å². The van der Waals surface area contributed by atoms with Crippen LogP contribution < -0.4 is 0 Å². The van der Waals surface area contributed by atoms with E-state index >= 15 is 0 Å². The fourth-order valence-corrected chi connectivity index (χ4v) is 9.64. The van der Waals surface area contributed by atoms with Gasteiger partial charge in [-0.15, -0.1) is 6.42 Å². The first-order chi connectivity index (χ1) is 15.2. The van der Waals surface area contributed by atoms with Gasteiger partial charge in [-0.1, -0.05) is 59.8 Å². The maximum absolute atomic E-state index is 11.3. The van der Waals surface area contributed by atoms with Crippen LogP contribution in [0.5, 0.6) is 0 Å². The molecule has 0 radical (unpaired) electrons. The van der Waals surface area contributed by atoms with Crippen molar-refractivity contribution in [2.75, 3.05) is 6.61 Å². The van der Waals surface area contributed by atoms with Gasteiger partial charge in [0.15, 0.2) is 0 Å². The lowest BCUT2D eigenvalue weighted by atomic mass is 9.44. The SMILES string of the molecule is C#CCOC1CC[C@@]2(C)C(CC[C@H]3[C@@H]4CC(O)[C@H]([C@H](C)CCCC(C)C)[C@@]4(C)CC[C@@H]32)C1. The third-order valence-corrected chi connectivity index (χ3v) is 11.2. The first kappa shape index (κ1) is 24.6. The Bertz CT molecular complexity index is 679. The van der Waals surface area contributed by atoms with E-state index in [4.69, 9.17) is 11.2 Å². The summed E-state index contributed by atoms with van der Waals surface area (Å²) in [5, 5.41) is 11.3. The van der Waals surface area contributed by atoms with Crippen LogP contribution in [0, 0.1) is 64.6 Å². The summed E-state index contributed by atoms with van der Waals surface area (Å²) in [6.07, 6.45) is 19.8. The number of aliphatic hydroxyl groups is 1. The Morgan fingerprint density at radius 2 is 1.72 bits per heavy atom. The number of hydrogen-bond donors (Lipinski definition) is 1. The van der Waals surface area contributed by atoms with Gasteiger partial charge < -0.3 is 9.84 Å². The van der Waals surface area contributed by atoms with Gasteiger partial charge in [-0.05, 0) is 104 Å². The maximum atomic E-state index is 11.3. The molecule has 4 fully saturated rings. The van der Waals surface area contributed by atoms with E-state index in [-0.39, 0.29) is 6.10 Å². The van der Waals surface area contributed by atoms with Crippen LogP contribution >= 0.6 is 0 Å². The molecule has 4 aliphatic rings. The smallest absolute Gasteiger partial charge is 0.107 e. The fourth-order valence-electron chi connectivity index (χ4n) is 9.64. The first-order valence-electron chi connectivity index (χ1n) is 13.9. The largest absolute Gasteiger partial charge is 0.393 e. The van der Waals surface area contributed by atoms with Gasteiger partial charge in [0.1, 0.15) is 6.61 Å². The molecule has 4 saturated carbocycles. The van der Waals surface area contributed by atoms with Crippen molar-refractivity contribution in [3.63, 3.8) is 0 Å². The van der Waals surface area contributed by atoms with Crippen LogP contribution in [0.25, 0.3) is 0 Å². The van der Waals surface area contributed by atoms with Gasteiger partial charge in [-0.2, -0.15) is 0 Å². The third kappa shape index (κ3) is 4.31. The highest BCUT2D eigenvalue weighted by Gasteiger charge is 2.62. The van der Waals surface area contributed by atoms with Gasteiger partial charge in [-0.3, -0.25) is 0 Å². The van der Waals surface area contributed by atoms with Crippen LogP contribution in [-0.2, 0) is 4.74 Å². The molecule has 4 aliphatic carbocycles. The highest BCUT2D eigenvalue weighted by molar-refractivity contribution is 5.11. The Labute approximate surface area is 198 Å². The van der Waals surface area contributed by atoms with Crippen molar-refractivity contribution in [2.24, 2.45) is 52.3 Å². The second-order valence-corrected chi connectivity index (χ2v) is 13.2. The molecular weight excluding hydrogens is 392 g/mol. The molecular formula is C30H50O2. The molecule has 0 aromatic carbocycles. The Hall–Kier alpha value is -0.520. The molecule has 182 valence electrons. The fraction of sp³-hybridized carbons (Fsp3) is 0.933. The molecule has 0 aliphatic heterocycles. The Morgan fingerprint density at radius 1 is 0.969 bits per heavy atom. The Morgan fingerprint density at radius 3 is 2.44 bits per heavy atom. The summed E-state index contributed by atoms with van der Waals surface area (Å²) < 4.78 is 5.98. The number of ether oxygens (including phenoxy) is 1. The summed E-state index contributed by atoms with van der Waals surface area (Å²) in [6, 6.07) is 0. The maximum Gasteiger partial charge on any atom is 0.107 e. The summed E-state index contributed by atoms with van der Waals surface area (Å²) in [7, 11) is 0. The minimum atomic E-state index is -0.0868. The van der Waals surface area contributed by atoms with Crippen molar-refractivity contribution in [1.29, 1.82) is 0 Å². The molecule has 2 heteroatoms. The normalized spacial score (nSPS) is 46.8. The van der Waals surface area contributed by atoms with Crippen molar-refractivity contribution in [3.05, 3.63) is 0 Å². The lowest BCUT2D eigenvalue weighted by Crippen LogP contribution is -2.54. The highest BCUT2D eigenvalue weighted by atomic mass is 16.5. The minimum absolute atomic E-state index is 0.0868. The molecule has 0 saturated heterocycles. The quantitative estimate of drug-likeness (QED) is 0.426. The number of hydrogen-bond acceptors (Lipinski definition) is 2. The second-order valence-electron chi connectivity index (χ2n) is 13.2. The number of rotatable bonds is 7. The summed E-state index contributed by atoms with van der Waals surface area (Å²) in [5.41, 5.74) is 0.806. The van der Waals surface area contributed by atoms with Gasteiger partial charge in [-0.25, -0.2) is 0 Å². The van der Waals surface area contributed by atoms with E-state index in [2.05, 4.69) is 40.5 Å². The molecule has 0 aromatic heterocycles. The van der Waals surface area contributed by atoms with Crippen molar-refractivity contribution >= 4 is 0 Å². The second kappa shape index (κ2) is 9.62. The molecule has 10 atom stereocenters. The van der Waals surface area contributed by atoms with E-state index in [0.717, 1.165) is 36.0 Å². The van der Waals surface area contributed by atoms with E-state index in [9.17, 15) is 5.11 Å². The molecule has 0 aromatic rings. The van der Waals surface area contributed by atoms with Crippen LogP contribution in [-0.4, -0.2) is 23.9 Å². The zero-order chi connectivity index (χ0) is 23.1. The van der Waals surface area contributed by atoms with Gasteiger partial charge in [0.25, 0.3) is 0 Å². The average molecular weight is 443 g/mol. The lowest BCUT2D eigenvalue weighted by molar-refractivity contribution is -0.135. The van der Waals surface area contributed by atoms with Crippen LogP contribution in [0.15, 0.2) is 0 Å². The van der Waals surface area contributed by atoms with Crippen molar-refractivity contribution < 1.29 is 9.84 Å². The van der Waals surface area contributed by atoms with Crippen LogP contribution in [0.4, 0.5) is 0 Å². The van der Waals surface area contributed by atoms with Gasteiger partial charge in [0, 0.05) is 0 Å². The summed E-state index contributed by atoms with van der Waals surface area (Å²) >= 11 is 0. The number of terminal acetylenes is 1. The van der Waals surface area contributed by atoms with Gasteiger partial charge >= 0.3 is 0 Å². The van der Waals surface area contributed by atoms with Crippen molar-refractivity contribution in [1.82, 2.24) is 0 Å². The molecule has 32 heavy (non-hydrogen) atoms. The standard InChI is InChI=1S/C30H50O2/c1-7-17-32-23-13-15-29(5)22(18-23)11-12-24-25(29)14-16-30(6)26(24)19-27(31)28(30)21(4)10-8-9-20(2)3/h1,20-28,31H,8-19H2,2-6H3/t21-,22?,23?,24-,25+,26+,27?,28+,29+,30+/m1/s1. The van der Waals surface area contributed by atoms with E-state index < -0.39 is 0 Å². The topological polar surface area (TPSA) is 29.5 Å². The van der Waals surface area contributed by atoms with E-state index in [1.54, 1.807) is 0 Å². The lowest BCUT2D eigenvalue weighted by Gasteiger charge is -2.61. The molecule has 4 rings (SSSR count). The monoisotopic (exact) mass is 442 g/mol. The first-order valence-corrected chi connectivity index (χ1v) is 13.9. The van der Waals surface area contributed by atoms with Crippen LogP contribution in [0.3, 0.4) is 0 Å². The molecule has 0 spiro atoms. The summed E-state index contributed by atoms with van der Waals surface area (Å²) in [4.78, 5) is 0. The molecule has 0 heterocycles. The van der Waals surface area contributed by atoms with E-state index in [1.165, 1.54) is 64.2 Å². The summed E-state index contributed by atoms with van der Waals surface area (Å²) in [5.74, 6) is 7.77. The highest BCUT2D eigenvalue weighted by Crippen LogP contribution is 2.68. The molecule has 0 bridgehead atoms.